The van der Waals surface area contributed by atoms with Crippen molar-refractivity contribution < 1.29 is 9.84 Å². The van der Waals surface area contributed by atoms with Crippen molar-refractivity contribution >= 4 is 15.9 Å². The highest BCUT2D eigenvalue weighted by atomic mass is 79.9. The lowest BCUT2D eigenvalue weighted by molar-refractivity contribution is -0.0225. The van der Waals surface area contributed by atoms with Gasteiger partial charge in [-0.1, -0.05) is 13.3 Å². The Morgan fingerprint density at radius 2 is 2.21 bits per heavy atom. The van der Waals surface area contributed by atoms with Crippen molar-refractivity contribution in [2.24, 2.45) is 0 Å². The molecule has 0 radical (unpaired) electrons. The van der Waals surface area contributed by atoms with Crippen molar-refractivity contribution in [2.75, 3.05) is 27.7 Å². The molecule has 0 aromatic carbocycles. The Labute approximate surface area is 123 Å². The van der Waals surface area contributed by atoms with E-state index in [2.05, 4.69) is 32.9 Å². The number of ether oxygens (including phenoxy) is 1. The van der Waals surface area contributed by atoms with Crippen molar-refractivity contribution in [3.8, 4) is 0 Å². The average molecular weight is 334 g/mol. The minimum atomic E-state index is -0.663. The highest BCUT2D eigenvalue weighted by molar-refractivity contribution is 9.10. The summed E-state index contributed by atoms with van der Waals surface area (Å²) >= 11 is 3.46. The number of aromatic nitrogens is 2. The summed E-state index contributed by atoms with van der Waals surface area (Å²) in [6.45, 7) is 3.70. The number of nitrogens with zero attached hydrogens (tertiary/aromatic N) is 3. The van der Waals surface area contributed by atoms with E-state index < -0.39 is 6.10 Å². The molecule has 0 saturated heterocycles. The van der Waals surface area contributed by atoms with Crippen LogP contribution in [0.1, 0.15) is 31.6 Å². The zero-order valence-corrected chi connectivity index (χ0v) is 13.7. The van der Waals surface area contributed by atoms with Crippen molar-refractivity contribution in [2.45, 2.75) is 38.5 Å². The maximum absolute atomic E-state index is 10.5. The van der Waals surface area contributed by atoms with Crippen LogP contribution in [0.2, 0.25) is 0 Å². The van der Waals surface area contributed by atoms with Crippen LogP contribution >= 0.6 is 15.9 Å². The van der Waals surface area contributed by atoms with Gasteiger partial charge in [-0.2, -0.15) is 5.10 Å². The fourth-order valence-corrected chi connectivity index (χ4v) is 2.53. The molecule has 0 aliphatic heterocycles. The summed E-state index contributed by atoms with van der Waals surface area (Å²) in [5, 5.41) is 14.8. The Bertz CT molecular complexity index is 382. The van der Waals surface area contributed by atoms with E-state index in [1.165, 1.54) is 0 Å². The normalized spacial score (nSPS) is 14.9. The van der Waals surface area contributed by atoms with Gasteiger partial charge in [0.1, 0.15) is 6.10 Å². The minimum Gasteiger partial charge on any atom is -0.384 e. The van der Waals surface area contributed by atoms with Gasteiger partial charge in [0.2, 0.25) is 0 Å². The number of aliphatic hydroxyl groups excluding tert-OH is 1. The molecule has 5 nitrogen and oxygen atoms in total. The molecule has 1 aromatic heterocycles. The number of rotatable bonds is 8. The Kier molecular flexibility index (Phi) is 6.99. The van der Waals surface area contributed by atoms with Crippen molar-refractivity contribution in [1.82, 2.24) is 14.7 Å². The molecule has 1 N–H and O–H groups in total. The van der Waals surface area contributed by atoms with Gasteiger partial charge < -0.3 is 14.7 Å². The van der Waals surface area contributed by atoms with Crippen LogP contribution in [-0.4, -0.2) is 53.6 Å². The van der Waals surface area contributed by atoms with Crippen LogP contribution in [0.4, 0.5) is 0 Å². The first kappa shape index (κ1) is 16.6. The molecule has 2 atom stereocenters. The lowest BCUT2D eigenvalue weighted by Gasteiger charge is -2.23. The van der Waals surface area contributed by atoms with Gasteiger partial charge in [0.25, 0.3) is 0 Å². The lowest BCUT2D eigenvalue weighted by atomic mass is 10.1. The third kappa shape index (κ3) is 4.56. The Balaban J connectivity index is 2.87. The second-order valence-corrected chi connectivity index (χ2v) is 5.77. The van der Waals surface area contributed by atoms with E-state index in [0.29, 0.717) is 0 Å². The van der Waals surface area contributed by atoms with Gasteiger partial charge in [-0.15, -0.1) is 0 Å². The van der Waals surface area contributed by atoms with Gasteiger partial charge in [0.15, 0.2) is 0 Å². The van der Waals surface area contributed by atoms with Crippen LogP contribution < -0.4 is 0 Å². The van der Waals surface area contributed by atoms with E-state index in [-0.39, 0.29) is 6.10 Å². The first-order chi connectivity index (χ1) is 9.01. The van der Waals surface area contributed by atoms with E-state index in [9.17, 15) is 5.11 Å². The van der Waals surface area contributed by atoms with Crippen LogP contribution in [0, 0.1) is 0 Å². The Hall–Kier alpha value is -0.430. The molecule has 0 aliphatic rings. The van der Waals surface area contributed by atoms with Gasteiger partial charge in [-0.05, 0) is 36.4 Å². The van der Waals surface area contributed by atoms with Crippen LogP contribution in [0.25, 0.3) is 0 Å². The van der Waals surface area contributed by atoms with E-state index in [1.807, 2.05) is 18.8 Å². The zero-order chi connectivity index (χ0) is 14.4. The summed E-state index contributed by atoms with van der Waals surface area (Å²) in [5.74, 6) is 0. The molecule has 6 heteroatoms. The monoisotopic (exact) mass is 333 g/mol. The average Bonchev–Trinajstić information content (AvgIpc) is 2.74. The predicted octanol–water partition coefficient (Wildman–Crippen LogP) is 2.06. The van der Waals surface area contributed by atoms with Crippen LogP contribution in [0.3, 0.4) is 0 Å². The van der Waals surface area contributed by atoms with Crippen molar-refractivity contribution in [3.05, 3.63) is 16.4 Å². The maximum atomic E-state index is 10.5. The van der Waals surface area contributed by atoms with E-state index >= 15 is 0 Å². The molecule has 110 valence electrons. The molecule has 0 spiro atoms. The first-order valence-corrected chi connectivity index (χ1v) is 7.37. The summed E-state index contributed by atoms with van der Waals surface area (Å²) < 4.78 is 8.06. The van der Waals surface area contributed by atoms with Gasteiger partial charge in [-0.3, -0.25) is 4.68 Å². The zero-order valence-electron chi connectivity index (χ0n) is 12.1. The Morgan fingerprint density at radius 3 is 2.74 bits per heavy atom. The summed E-state index contributed by atoms with van der Waals surface area (Å²) in [5.41, 5.74) is 0.794. The number of methoxy groups -OCH3 is 1. The fourth-order valence-electron chi connectivity index (χ4n) is 2.00. The highest BCUT2D eigenvalue weighted by Crippen LogP contribution is 2.28. The molecular formula is C13H24BrN3O2. The van der Waals surface area contributed by atoms with Crippen molar-refractivity contribution in [1.29, 1.82) is 0 Å². The number of aliphatic hydroxyl groups is 1. The number of halogens is 1. The van der Waals surface area contributed by atoms with E-state index in [1.54, 1.807) is 13.3 Å². The minimum absolute atomic E-state index is 0.198. The molecule has 1 aromatic rings. The van der Waals surface area contributed by atoms with E-state index in [0.717, 1.165) is 36.1 Å². The number of hydrogen-bond acceptors (Lipinski definition) is 4. The number of hydrogen-bond donors (Lipinski definition) is 1. The third-order valence-electron chi connectivity index (χ3n) is 3.10. The quantitative estimate of drug-likeness (QED) is 0.791. The van der Waals surface area contributed by atoms with Crippen LogP contribution in [-0.2, 0) is 11.3 Å². The second-order valence-electron chi connectivity index (χ2n) is 4.91. The molecule has 0 saturated carbocycles. The molecule has 2 unspecified atom stereocenters. The molecule has 19 heavy (non-hydrogen) atoms. The van der Waals surface area contributed by atoms with E-state index in [4.69, 9.17) is 4.74 Å². The molecule has 1 heterocycles. The van der Waals surface area contributed by atoms with Crippen LogP contribution in [0.5, 0.6) is 0 Å². The molecule has 0 amide bonds. The fraction of sp³-hybridized carbons (Fsp3) is 0.769. The smallest absolute Gasteiger partial charge is 0.123 e. The van der Waals surface area contributed by atoms with Gasteiger partial charge >= 0.3 is 0 Å². The lowest BCUT2D eigenvalue weighted by Crippen LogP contribution is -2.26. The van der Waals surface area contributed by atoms with Crippen LogP contribution in [0.15, 0.2) is 10.7 Å². The largest absolute Gasteiger partial charge is 0.384 e. The standard InChI is InChI=1S/C13H24BrN3O2/c1-5-6-11(19-4)13(18)12-10(14)9-15-17(12)8-7-16(2)3/h9,11,13,18H,5-8H2,1-4H3. The molecule has 0 fully saturated rings. The Morgan fingerprint density at radius 1 is 1.53 bits per heavy atom. The van der Waals surface area contributed by atoms with Gasteiger partial charge in [-0.25, -0.2) is 0 Å². The number of likely N-dealkylation sites (N-methyl/N-ethyl adjacent to an activating group) is 1. The summed E-state index contributed by atoms with van der Waals surface area (Å²) in [4.78, 5) is 2.09. The highest BCUT2D eigenvalue weighted by Gasteiger charge is 2.25. The molecule has 0 bridgehead atoms. The summed E-state index contributed by atoms with van der Waals surface area (Å²) in [6.07, 6.45) is 2.66. The summed E-state index contributed by atoms with van der Waals surface area (Å²) in [7, 11) is 5.67. The topological polar surface area (TPSA) is 50.5 Å². The third-order valence-corrected chi connectivity index (χ3v) is 3.71. The van der Waals surface area contributed by atoms with Gasteiger partial charge in [0, 0.05) is 13.7 Å². The maximum Gasteiger partial charge on any atom is 0.123 e. The summed E-state index contributed by atoms with van der Waals surface area (Å²) in [6, 6.07) is 0. The molecule has 1 rings (SSSR count). The molecule has 0 aliphatic carbocycles. The van der Waals surface area contributed by atoms with Gasteiger partial charge in [0.05, 0.1) is 29.0 Å². The second kappa shape index (κ2) is 7.99. The van der Waals surface area contributed by atoms with Crippen molar-refractivity contribution in [3.63, 3.8) is 0 Å². The predicted molar refractivity (Wildman–Crippen MR) is 79.1 cm³/mol. The first-order valence-electron chi connectivity index (χ1n) is 6.58. The SMILES string of the molecule is CCCC(OC)C(O)c1c(Br)cnn1CCN(C)C. The molecular weight excluding hydrogens is 310 g/mol.